The second-order valence-electron chi connectivity index (χ2n) is 6.73. The monoisotopic (exact) mass is 473 g/mol. The Hall–Kier alpha value is -4.12. The SMILES string of the molecule is C[C@@H](OC(=O)c1ccc(OS(=O)(=O)c2cccc([N+](=O)[O-])c2)cc1)C(=O)c1ccc(F)cc1. The standard InChI is InChI=1S/C22H16FNO8S/c1-14(21(25)15-5-9-17(23)10-6-15)31-22(26)16-7-11-19(12-8-16)32-33(29,30)20-4-2-3-18(13-20)24(27)28/h2-14H,1H3/t14-/m1/s1. The minimum absolute atomic E-state index is 0.0221. The van der Waals surface area contributed by atoms with Crippen LogP contribution in [0.15, 0.2) is 77.7 Å². The second-order valence-corrected chi connectivity index (χ2v) is 8.28. The Balaban J connectivity index is 1.67. The van der Waals surface area contributed by atoms with Crippen molar-refractivity contribution in [3.05, 3.63) is 99.9 Å². The van der Waals surface area contributed by atoms with E-state index in [2.05, 4.69) is 0 Å². The number of non-ortho nitro benzene ring substituents is 1. The molecular weight excluding hydrogens is 457 g/mol. The van der Waals surface area contributed by atoms with Gasteiger partial charge >= 0.3 is 16.1 Å². The van der Waals surface area contributed by atoms with Crippen LogP contribution in [0.4, 0.5) is 10.1 Å². The molecule has 0 heterocycles. The highest BCUT2D eigenvalue weighted by Gasteiger charge is 2.22. The summed E-state index contributed by atoms with van der Waals surface area (Å²) in [6, 6.07) is 14.0. The molecule has 0 unspecified atom stereocenters. The number of esters is 1. The van der Waals surface area contributed by atoms with E-state index < -0.39 is 49.3 Å². The van der Waals surface area contributed by atoms with Crippen LogP contribution in [0.25, 0.3) is 0 Å². The highest BCUT2D eigenvalue weighted by molar-refractivity contribution is 7.87. The summed E-state index contributed by atoms with van der Waals surface area (Å²) in [5.74, 6) is -2.02. The van der Waals surface area contributed by atoms with Crippen LogP contribution in [0, 0.1) is 15.9 Å². The van der Waals surface area contributed by atoms with Crippen molar-refractivity contribution in [1.29, 1.82) is 0 Å². The summed E-state index contributed by atoms with van der Waals surface area (Å²) in [6.07, 6.45) is -1.15. The molecule has 0 radical (unpaired) electrons. The molecule has 0 amide bonds. The fraction of sp³-hybridized carbons (Fsp3) is 0.0909. The van der Waals surface area contributed by atoms with Gasteiger partial charge in [0.05, 0.1) is 10.5 Å². The number of rotatable bonds is 8. The van der Waals surface area contributed by atoms with Gasteiger partial charge in [-0.1, -0.05) is 6.07 Å². The van der Waals surface area contributed by atoms with E-state index in [4.69, 9.17) is 8.92 Å². The molecule has 1 atom stereocenters. The maximum atomic E-state index is 13.0. The van der Waals surface area contributed by atoms with Gasteiger partial charge in [0.25, 0.3) is 5.69 Å². The van der Waals surface area contributed by atoms with E-state index in [9.17, 15) is 32.5 Å². The van der Waals surface area contributed by atoms with E-state index in [1.807, 2.05) is 0 Å². The number of hydrogen-bond donors (Lipinski definition) is 0. The minimum atomic E-state index is -4.36. The molecule has 3 rings (SSSR count). The Bertz CT molecular complexity index is 1300. The van der Waals surface area contributed by atoms with Crippen LogP contribution in [-0.2, 0) is 14.9 Å². The topological polar surface area (TPSA) is 130 Å². The molecule has 0 fully saturated rings. The van der Waals surface area contributed by atoms with Crippen LogP contribution in [-0.4, -0.2) is 31.2 Å². The summed E-state index contributed by atoms with van der Waals surface area (Å²) in [6.45, 7) is 1.37. The normalized spacial score (nSPS) is 11.9. The molecule has 0 aliphatic heterocycles. The van der Waals surface area contributed by atoms with Gasteiger partial charge in [-0.2, -0.15) is 8.42 Å². The molecule has 0 aliphatic carbocycles. The van der Waals surface area contributed by atoms with Crippen LogP contribution in [0.5, 0.6) is 5.75 Å². The predicted octanol–water partition coefficient (Wildman–Crippen LogP) is 3.93. The van der Waals surface area contributed by atoms with E-state index in [1.165, 1.54) is 49.4 Å². The number of hydrogen-bond acceptors (Lipinski definition) is 8. The number of ketones is 1. The number of nitro groups is 1. The van der Waals surface area contributed by atoms with Crippen LogP contribution in [0.2, 0.25) is 0 Å². The van der Waals surface area contributed by atoms with Gasteiger partial charge in [0.2, 0.25) is 5.78 Å². The Morgan fingerprint density at radius 2 is 1.58 bits per heavy atom. The lowest BCUT2D eigenvalue weighted by Gasteiger charge is -2.13. The van der Waals surface area contributed by atoms with Crippen LogP contribution in [0.3, 0.4) is 0 Å². The number of benzene rings is 3. The van der Waals surface area contributed by atoms with Crippen LogP contribution >= 0.6 is 0 Å². The Kier molecular flexibility index (Phi) is 6.83. The highest BCUT2D eigenvalue weighted by Crippen LogP contribution is 2.23. The lowest BCUT2D eigenvalue weighted by molar-refractivity contribution is -0.385. The first-order chi connectivity index (χ1) is 15.6. The maximum Gasteiger partial charge on any atom is 0.339 e. The molecular formula is C22H16FNO8S. The Labute approximate surface area is 187 Å². The quantitative estimate of drug-likeness (QED) is 0.158. The second kappa shape index (κ2) is 9.57. The summed E-state index contributed by atoms with van der Waals surface area (Å²) >= 11 is 0. The summed E-state index contributed by atoms with van der Waals surface area (Å²) in [5.41, 5.74) is -0.220. The molecule has 0 spiro atoms. The van der Waals surface area contributed by atoms with Crippen LogP contribution in [0.1, 0.15) is 27.6 Å². The highest BCUT2D eigenvalue weighted by atomic mass is 32.2. The lowest BCUT2D eigenvalue weighted by atomic mass is 10.1. The summed E-state index contributed by atoms with van der Waals surface area (Å²) < 4.78 is 47.8. The van der Waals surface area contributed by atoms with Gasteiger partial charge < -0.3 is 8.92 Å². The van der Waals surface area contributed by atoms with Gasteiger partial charge in [-0.15, -0.1) is 0 Å². The van der Waals surface area contributed by atoms with Gasteiger partial charge in [0, 0.05) is 17.7 Å². The number of halogens is 1. The molecule has 3 aromatic carbocycles. The van der Waals surface area contributed by atoms with Crippen molar-refractivity contribution in [3.63, 3.8) is 0 Å². The zero-order chi connectivity index (χ0) is 24.2. The van der Waals surface area contributed by atoms with E-state index in [1.54, 1.807) is 0 Å². The number of nitrogens with zero attached hydrogens (tertiary/aromatic N) is 1. The third-order valence-corrected chi connectivity index (χ3v) is 5.64. The molecule has 11 heteroatoms. The van der Waals surface area contributed by atoms with E-state index in [0.29, 0.717) is 0 Å². The summed E-state index contributed by atoms with van der Waals surface area (Å²) in [4.78, 5) is 34.3. The molecule has 0 saturated carbocycles. The van der Waals surface area contributed by atoms with Gasteiger partial charge in [-0.25, -0.2) is 9.18 Å². The molecule has 0 aromatic heterocycles. The number of nitro benzene ring substituents is 1. The number of carbonyl (C=O) groups is 2. The Morgan fingerprint density at radius 1 is 0.970 bits per heavy atom. The van der Waals surface area contributed by atoms with E-state index in [-0.39, 0.29) is 16.9 Å². The first-order valence-corrected chi connectivity index (χ1v) is 10.8. The zero-order valence-corrected chi connectivity index (χ0v) is 17.8. The van der Waals surface area contributed by atoms with Crippen molar-refractivity contribution in [2.24, 2.45) is 0 Å². The third kappa shape index (κ3) is 5.77. The van der Waals surface area contributed by atoms with Gasteiger partial charge in [0.1, 0.15) is 16.5 Å². The fourth-order valence-electron chi connectivity index (χ4n) is 2.70. The average molecular weight is 473 g/mol. The minimum Gasteiger partial charge on any atom is -0.451 e. The summed E-state index contributed by atoms with van der Waals surface area (Å²) in [5, 5.41) is 10.8. The van der Waals surface area contributed by atoms with Gasteiger partial charge in [-0.05, 0) is 61.5 Å². The maximum absolute atomic E-state index is 13.0. The number of Topliss-reactive ketones (excluding diaryl/α,β-unsaturated/α-hetero) is 1. The van der Waals surface area contributed by atoms with Crippen LogP contribution < -0.4 is 4.18 Å². The average Bonchev–Trinajstić information content (AvgIpc) is 2.79. The molecule has 0 aliphatic rings. The number of ether oxygens (including phenoxy) is 1. The van der Waals surface area contributed by atoms with Crippen molar-refractivity contribution in [2.75, 3.05) is 0 Å². The summed E-state index contributed by atoms with van der Waals surface area (Å²) in [7, 11) is -4.36. The van der Waals surface area contributed by atoms with Gasteiger partial charge in [0.15, 0.2) is 6.10 Å². The molecule has 3 aromatic rings. The van der Waals surface area contributed by atoms with Crippen molar-refractivity contribution in [2.45, 2.75) is 17.9 Å². The molecule has 0 bridgehead atoms. The molecule has 33 heavy (non-hydrogen) atoms. The molecule has 170 valence electrons. The fourth-order valence-corrected chi connectivity index (χ4v) is 3.68. The van der Waals surface area contributed by atoms with E-state index in [0.717, 1.165) is 30.3 Å². The lowest BCUT2D eigenvalue weighted by Crippen LogP contribution is -2.24. The number of carbonyl (C=O) groups excluding carboxylic acids is 2. The first-order valence-electron chi connectivity index (χ1n) is 9.36. The zero-order valence-electron chi connectivity index (χ0n) is 17.0. The Morgan fingerprint density at radius 3 is 2.18 bits per heavy atom. The van der Waals surface area contributed by atoms with Crippen molar-refractivity contribution in [3.8, 4) is 5.75 Å². The smallest absolute Gasteiger partial charge is 0.339 e. The van der Waals surface area contributed by atoms with Gasteiger partial charge in [-0.3, -0.25) is 14.9 Å². The predicted molar refractivity (Wildman–Crippen MR) is 113 cm³/mol. The molecule has 0 saturated heterocycles. The molecule has 0 N–H and O–H groups in total. The first kappa shape index (κ1) is 23.5. The third-order valence-electron chi connectivity index (χ3n) is 4.39. The van der Waals surface area contributed by atoms with Crippen molar-refractivity contribution < 1.29 is 36.2 Å². The van der Waals surface area contributed by atoms with Crippen molar-refractivity contribution >= 4 is 27.6 Å². The molecule has 9 nitrogen and oxygen atoms in total. The van der Waals surface area contributed by atoms with Crippen molar-refractivity contribution in [1.82, 2.24) is 0 Å². The largest absolute Gasteiger partial charge is 0.451 e. The van der Waals surface area contributed by atoms with E-state index >= 15 is 0 Å².